The maximum absolute atomic E-state index is 12.5. The zero-order chi connectivity index (χ0) is 17.2. The average molecular weight is 329 g/mol. The fourth-order valence-electron chi connectivity index (χ4n) is 3.60. The zero-order valence-electron chi connectivity index (χ0n) is 14.6. The van der Waals surface area contributed by atoms with Gasteiger partial charge in [0.05, 0.1) is 0 Å². The van der Waals surface area contributed by atoms with Gasteiger partial charge in [0.1, 0.15) is 0 Å². The molecular weight excluding hydrogens is 302 g/mol. The van der Waals surface area contributed by atoms with Gasteiger partial charge in [-0.15, -0.1) is 0 Å². The molecule has 1 saturated carbocycles. The maximum Gasteiger partial charge on any atom is 0.317 e. The Kier molecular flexibility index (Phi) is 4.78. The molecule has 0 aromatic heterocycles. The van der Waals surface area contributed by atoms with Crippen LogP contribution >= 0.6 is 0 Å². The molecule has 1 aliphatic heterocycles. The largest absolute Gasteiger partial charge is 0.341 e. The van der Waals surface area contributed by atoms with Crippen LogP contribution in [0, 0.1) is 0 Å². The van der Waals surface area contributed by atoms with Crippen molar-refractivity contribution in [1.29, 1.82) is 0 Å². The van der Waals surface area contributed by atoms with Gasteiger partial charge in [-0.1, -0.05) is 30.3 Å². The number of carbonyl (C=O) groups excluding carboxylic acids is 2. The zero-order valence-corrected chi connectivity index (χ0v) is 14.6. The van der Waals surface area contributed by atoms with E-state index in [0.717, 1.165) is 32.4 Å². The Morgan fingerprint density at radius 2 is 2.04 bits per heavy atom. The van der Waals surface area contributed by atoms with Crippen molar-refractivity contribution in [2.75, 3.05) is 26.7 Å². The van der Waals surface area contributed by atoms with Gasteiger partial charge in [-0.25, -0.2) is 4.79 Å². The van der Waals surface area contributed by atoms with Crippen LogP contribution in [0.4, 0.5) is 4.79 Å². The summed E-state index contributed by atoms with van der Waals surface area (Å²) < 4.78 is 0. The van der Waals surface area contributed by atoms with E-state index in [4.69, 9.17) is 0 Å². The minimum absolute atomic E-state index is 0.0334. The lowest BCUT2D eigenvalue weighted by atomic mass is 9.95. The van der Waals surface area contributed by atoms with Crippen molar-refractivity contribution >= 4 is 11.9 Å². The molecule has 0 radical (unpaired) electrons. The van der Waals surface area contributed by atoms with Crippen LogP contribution in [-0.4, -0.2) is 54.5 Å². The van der Waals surface area contributed by atoms with Crippen molar-refractivity contribution in [2.24, 2.45) is 0 Å². The van der Waals surface area contributed by atoms with Gasteiger partial charge in [-0.2, -0.15) is 0 Å². The molecule has 1 atom stereocenters. The predicted octanol–water partition coefficient (Wildman–Crippen LogP) is 2.37. The number of likely N-dealkylation sites (tertiary alicyclic amines) is 1. The summed E-state index contributed by atoms with van der Waals surface area (Å²) in [5.74, 6) is 0.200. The second kappa shape index (κ2) is 6.83. The highest BCUT2D eigenvalue weighted by Gasteiger charge is 2.45. The van der Waals surface area contributed by atoms with E-state index in [2.05, 4.69) is 29.6 Å². The molecule has 2 fully saturated rings. The van der Waals surface area contributed by atoms with E-state index in [1.807, 2.05) is 24.9 Å². The van der Waals surface area contributed by atoms with Gasteiger partial charge in [0, 0.05) is 44.6 Å². The van der Waals surface area contributed by atoms with Gasteiger partial charge < -0.3 is 15.1 Å². The minimum atomic E-state index is -0.0589. The lowest BCUT2D eigenvalue weighted by molar-refractivity contribution is -0.127. The van der Waals surface area contributed by atoms with E-state index in [-0.39, 0.29) is 23.4 Å². The first-order chi connectivity index (χ1) is 11.5. The first-order valence-corrected chi connectivity index (χ1v) is 8.85. The maximum atomic E-state index is 12.5. The SMILES string of the molecule is C[C@H](CN1CCCC1=O)NC(=O)N(C)CC1(c2ccccc2)CC1. The van der Waals surface area contributed by atoms with E-state index in [1.54, 1.807) is 4.90 Å². The van der Waals surface area contributed by atoms with Crippen LogP contribution in [0.15, 0.2) is 30.3 Å². The van der Waals surface area contributed by atoms with Crippen molar-refractivity contribution in [2.45, 2.75) is 44.1 Å². The molecule has 5 nitrogen and oxygen atoms in total. The van der Waals surface area contributed by atoms with Crippen molar-refractivity contribution in [3.63, 3.8) is 0 Å². The molecule has 1 N–H and O–H groups in total. The highest BCUT2D eigenvalue weighted by Crippen LogP contribution is 2.48. The number of carbonyl (C=O) groups is 2. The summed E-state index contributed by atoms with van der Waals surface area (Å²) in [5.41, 5.74) is 1.45. The number of hydrogen-bond acceptors (Lipinski definition) is 2. The molecule has 0 bridgehead atoms. The third kappa shape index (κ3) is 3.71. The number of urea groups is 1. The monoisotopic (exact) mass is 329 g/mol. The average Bonchev–Trinajstić information content (AvgIpc) is 3.25. The van der Waals surface area contributed by atoms with E-state index >= 15 is 0 Å². The summed E-state index contributed by atoms with van der Waals surface area (Å²) in [5, 5.41) is 3.02. The van der Waals surface area contributed by atoms with Crippen LogP contribution in [0.5, 0.6) is 0 Å². The first-order valence-electron chi connectivity index (χ1n) is 8.85. The predicted molar refractivity (Wildman–Crippen MR) is 93.8 cm³/mol. The molecule has 1 aromatic carbocycles. The van der Waals surface area contributed by atoms with Gasteiger partial charge in [0.15, 0.2) is 0 Å². The molecular formula is C19H27N3O2. The molecule has 5 heteroatoms. The number of hydrogen-bond donors (Lipinski definition) is 1. The Bertz CT molecular complexity index is 598. The second-order valence-electron chi connectivity index (χ2n) is 7.30. The minimum Gasteiger partial charge on any atom is -0.341 e. The highest BCUT2D eigenvalue weighted by molar-refractivity contribution is 5.78. The summed E-state index contributed by atoms with van der Waals surface area (Å²) in [6.45, 7) is 4.11. The van der Waals surface area contributed by atoms with Gasteiger partial charge in [0.2, 0.25) is 5.91 Å². The second-order valence-corrected chi connectivity index (χ2v) is 7.30. The van der Waals surface area contributed by atoms with Crippen molar-refractivity contribution in [3.8, 4) is 0 Å². The lowest BCUT2D eigenvalue weighted by Crippen LogP contribution is -2.48. The third-order valence-electron chi connectivity index (χ3n) is 5.16. The lowest BCUT2D eigenvalue weighted by Gasteiger charge is -2.27. The number of nitrogens with zero attached hydrogens (tertiary/aromatic N) is 2. The standard InChI is InChI=1S/C19H27N3O2/c1-15(13-22-12-6-9-17(22)23)20-18(24)21(2)14-19(10-11-19)16-7-4-3-5-8-16/h3-5,7-8,15H,6,9-14H2,1-2H3,(H,20,24)/t15-/m1/s1. The van der Waals surface area contributed by atoms with Crippen LogP contribution in [0.1, 0.15) is 38.2 Å². The Morgan fingerprint density at radius 1 is 1.33 bits per heavy atom. The summed E-state index contributed by atoms with van der Waals surface area (Å²) in [4.78, 5) is 27.8. The molecule has 0 spiro atoms. The molecule has 24 heavy (non-hydrogen) atoms. The Morgan fingerprint density at radius 3 is 2.62 bits per heavy atom. The van der Waals surface area contributed by atoms with Crippen LogP contribution in [-0.2, 0) is 10.2 Å². The van der Waals surface area contributed by atoms with Gasteiger partial charge in [-0.05, 0) is 31.7 Å². The molecule has 1 heterocycles. The van der Waals surface area contributed by atoms with Crippen LogP contribution in [0.2, 0.25) is 0 Å². The summed E-state index contributed by atoms with van der Waals surface area (Å²) >= 11 is 0. The quantitative estimate of drug-likeness (QED) is 0.871. The van der Waals surface area contributed by atoms with Crippen molar-refractivity contribution < 1.29 is 9.59 Å². The molecule has 3 amide bonds. The summed E-state index contributed by atoms with van der Waals surface area (Å²) in [6, 6.07) is 10.4. The number of nitrogens with one attached hydrogen (secondary N) is 1. The summed E-state index contributed by atoms with van der Waals surface area (Å²) in [6.07, 6.45) is 3.83. The molecule has 1 aromatic rings. The number of likely N-dealkylation sites (N-methyl/N-ethyl adjacent to an activating group) is 1. The van der Waals surface area contributed by atoms with E-state index in [1.165, 1.54) is 5.56 Å². The van der Waals surface area contributed by atoms with Crippen LogP contribution < -0.4 is 5.32 Å². The van der Waals surface area contributed by atoms with Gasteiger partial charge in [0.25, 0.3) is 0 Å². The van der Waals surface area contributed by atoms with Gasteiger partial charge in [-0.3, -0.25) is 4.79 Å². The number of benzene rings is 1. The topological polar surface area (TPSA) is 52.7 Å². The smallest absolute Gasteiger partial charge is 0.317 e. The molecule has 1 aliphatic carbocycles. The Labute approximate surface area is 144 Å². The molecule has 130 valence electrons. The fourth-order valence-corrected chi connectivity index (χ4v) is 3.60. The van der Waals surface area contributed by atoms with Crippen LogP contribution in [0.25, 0.3) is 0 Å². The highest BCUT2D eigenvalue weighted by atomic mass is 16.2. The number of amides is 3. The normalized spacial score (nSPS) is 19.9. The first kappa shape index (κ1) is 16.8. The summed E-state index contributed by atoms with van der Waals surface area (Å²) in [7, 11) is 1.85. The molecule has 1 saturated heterocycles. The van der Waals surface area contributed by atoms with E-state index in [0.29, 0.717) is 13.0 Å². The van der Waals surface area contributed by atoms with E-state index < -0.39 is 0 Å². The fraction of sp³-hybridized carbons (Fsp3) is 0.579. The molecule has 0 unspecified atom stereocenters. The van der Waals surface area contributed by atoms with Crippen LogP contribution in [0.3, 0.4) is 0 Å². The van der Waals surface area contributed by atoms with Crippen molar-refractivity contribution in [3.05, 3.63) is 35.9 Å². The third-order valence-corrected chi connectivity index (χ3v) is 5.16. The Balaban J connectivity index is 1.51. The molecule has 2 aliphatic rings. The van der Waals surface area contributed by atoms with E-state index in [9.17, 15) is 9.59 Å². The Hall–Kier alpha value is -2.04. The van der Waals surface area contributed by atoms with Crippen molar-refractivity contribution in [1.82, 2.24) is 15.1 Å². The number of rotatable bonds is 6. The van der Waals surface area contributed by atoms with Gasteiger partial charge >= 0.3 is 6.03 Å². The molecule has 3 rings (SSSR count).